The quantitative estimate of drug-likeness (QED) is 0.770. The molecule has 1 aromatic heterocycles. The molecule has 116 valence electrons. The zero-order valence-electron chi connectivity index (χ0n) is 12.0. The van der Waals surface area contributed by atoms with Crippen LogP contribution in [0.2, 0.25) is 5.02 Å². The molecule has 0 aliphatic rings. The van der Waals surface area contributed by atoms with Crippen LogP contribution in [0.3, 0.4) is 0 Å². The molecule has 2 amide bonds. The maximum Gasteiger partial charge on any atom is 0.287 e. The first-order chi connectivity index (χ1) is 10.6. The largest absolute Gasteiger partial charge is 0.459 e. The molecule has 1 aromatic carbocycles. The van der Waals surface area contributed by atoms with Gasteiger partial charge in [0, 0.05) is 24.5 Å². The second kappa shape index (κ2) is 8.24. The Hall–Kier alpha value is -2.27. The minimum atomic E-state index is -0.293. The number of benzene rings is 1. The van der Waals surface area contributed by atoms with Crippen molar-refractivity contribution in [2.24, 2.45) is 0 Å². The molecule has 0 saturated heterocycles. The van der Waals surface area contributed by atoms with Crippen molar-refractivity contribution in [2.75, 3.05) is 13.1 Å². The van der Waals surface area contributed by atoms with Crippen molar-refractivity contribution in [3.05, 3.63) is 59.0 Å². The maximum absolute atomic E-state index is 11.7. The van der Waals surface area contributed by atoms with Crippen LogP contribution in [-0.2, 0) is 11.2 Å². The SMILES string of the molecule is O=C(CCc1cccc(Cl)c1)NCCNC(=O)c1ccco1. The van der Waals surface area contributed by atoms with Crippen LogP contribution in [0.4, 0.5) is 0 Å². The van der Waals surface area contributed by atoms with Crippen LogP contribution in [-0.4, -0.2) is 24.9 Å². The molecule has 0 aliphatic carbocycles. The number of nitrogens with one attached hydrogen (secondary N) is 2. The van der Waals surface area contributed by atoms with E-state index in [9.17, 15) is 9.59 Å². The summed E-state index contributed by atoms with van der Waals surface area (Å²) < 4.78 is 4.96. The van der Waals surface area contributed by atoms with Crippen LogP contribution in [0.15, 0.2) is 47.1 Å². The number of carbonyl (C=O) groups is 2. The summed E-state index contributed by atoms with van der Waals surface area (Å²) in [5.41, 5.74) is 1.02. The Bertz CT molecular complexity index is 626. The number of aryl methyl sites for hydroxylation is 1. The molecule has 0 unspecified atom stereocenters. The van der Waals surface area contributed by atoms with Crippen molar-refractivity contribution in [2.45, 2.75) is 12.8 Å². The lowest BCUT2D eigenvalue weighted by atomic mass is 10.1. The first-order valence-corrected chi connectivity index (χ1v) is 7.36. The van der Waals surface area contributed by atoms with Crippen molar-refractivity contribution in [3.8, 4) is 0 Å². The lowest BCUT2D eigenvalue weighted by molar-refractivity contribution is -0.121. The van der Waals surface area contributed by atoms with Gasteiger partial charge in [-0.2, -0.15) is 0 Å². The molecule has 0 spiro atoms. The Morgan fingerprint density at radius 1 is 1.09 bits per heavy atom. The van der Waals surface area contributed by atoms with E-state index in [1.807, 2.05) is 18.2 Å². The minimum Gasteiger partial charge on any atom is -0.459 e. The van der Waals surface area contributed by atoms with Crippen molar-refractivity contribution in [1.29, 1.82) is 0 Å². The van der Waals surface area contributed by atoms with Gasteiger partial charge in [0.05, 0.1) is 6.26 Å². The lowest BCUT2D eigenvalue weighted by Crippen LogP contribution is -2.34. The maximum atomic E-state index is 11.7. The van der Waals surface area contributed by atoms with E-state index in [2.05, 4.69) is 10.6 Å². The zero-order valence-corrected chi connectivity index (χ0v) is 12.7. The highest BCUT2D eigenvalue weighted by molar-refractivity contribution is 6.30. The van der Waals surface area contributed by atoms with Gasteiger partial charge in [0.25, 0.3) is 5.91 Å². The highest BCUT2D eigenvalue weighted by Gasteiger charge is 2.07. The standard InChI is InChI=1S/C16H17ClN2O3/c17-13-4-1-3-12(11-13)6-7-15(20)18-8-9-19-16(21)14-5-2-10-22-14/h1-5,10-11H,6-9H2,(H,18,20)(H,19,21). The third kappa shape index (κ3) is 5.26. The topological polar surface area (TPSA) is 71.3 Å². The number of rotatable bonds is 7. The van der Waals surface area contributed by atoms with E-state index < -0.39 is 0 Å². The Balaban J connectivity index is 1.61. The monoisotopic (exact) mass is 320 g/mol. The highest BCUT2D eigenvalue weighted by Crippen LogP contribution is 2.11. The van der Waals surface area contributed by atoms with E-state index in [0.29, 0.717) is 31.0 Å². The smallest absolute Gasteiger partial charge is 0.287 e. The number of amides is 2. The normalized spacial score (nSPS) is 10.2. The number of hydrogen-bond acceptors (Lipinski definition) is 3. The van der Waals surface area contributed by atoms with Gasteiger partial charge in [-0.3, -0.25) is 9.59 Å². The van der Waals surface area contributed by atoms with Gasteiger partial charge in [-0.05, 0) is 36.2 Å². The van der Waals surface area contributed by atoms with Crippen molar-refractivity contribution in [3.63, 3.8) is 0 Å². The molecule has 2 rings (SSSR count). The van der Waals surface area contributed by atoms with Crippen LogP contribution >= 0.6 is 11.6 Å². The summed E-state index contributed by atoms with van der Waals surface area (Å²) in [7, 11) is 0. The Kier molecular flexibility index (Phi) is 6.03. The number of halogens is 1. The average molecular weight is 321 g/mol. The molecule has 0 saturated carbocycles. The molecule has 0 atom stereocenters. The fourth-order valence-corrected chi connectivity index (χ4v) is 2.12. The van der Waals surface area contributed by atoms with Crippen LogP contribution in [0.25, 0.3) is 0 Å². The summed E-state index contributed by atoms with van der Waals surface area (Å²) in [5.74, 6) is -0.0994. The summed E-state index contributed by atoms with van der Waals surface area (Å²) in [5, 5.41) is 6.07. The van der Waals surface area contributed by atoms with E-state index >= 15 is 0 Å². The van der Waals surface area contributed by atoms with Gasteiger partial charge < -0.3 is 15.1 Å². The Morgan fingerprint density at radius 3 is 2.64 bits per heavy atom. The molecule has 0 bridgehead atoms. The van der Waals surface area contributed by atoms with E-state index in [-0.39, 0.29) is 17.6 Å². The third-order valence-electron chi connectivity index (χ3n) is 3.01. The van der Waals surface area contributed by atoms with Crippen molar-refractivity contribution >= 4 is 23.4 Å². The molecule has 6 heteroatoms. The minimum absolute atomic E-state index is 0.0628. The average Bonchev–Trinajstić information content (AvgIpc) is 3.04. The second-order valence-electron chi connectivity index (χ2n) is 4.71. The number of carbonyl (C=O) groups excluding carboxylic acids is 2. The van der Waals surface area contributed by atoms with Crippen LogP contribution in [0.1, 0.15) is 22.5 Å². The second-order valence-corrected chi connectivity index (χ2v) is 5.15. The Labute approximate surface area is 133 Å². The van der Waals surface area contributed by atoms with Crippen molar-refractivity contribution < 1.29 is 14.0 Å². The highest BCUT2D eigenvalue weighted by atomic mass is 35.5. The van der Waals surface area contributed by atoms with Gasteiger partial charge in [0.1, 0.15) is 0 Å². The molecule has 2 N–H and O–H groups in total. The van der Waals surface area contributed by atoms with E-state index in [4.69, 9.17) is 16.0 Å². The fourth-order valence-electron chi connectivity index (χ4n) is 1.91. The third-order valence-corrected chi connectivity index (χ3v) is 3.24. The van der Waals surface area contributed by atoms with Crippen LogP contribution < -0.4 is 10.6 Å². The molecular weight excluding hydrogens is 304 g/mol. The van der Waals surface area contributed by atoms with E-state index in [1.54, 1.807) is 18.2 Å². The molecule has 22 heavy (non-hydrogen) atoms. The molecule has 1 heterocycles. The molecule has 0 aliphatic heterocycles. The fraction of sp³-hybridized carbons (Fsp3) is 0.250. The van der Waals surface area contributed by atoms with Crippen molar-refractivity contribution in [1.82, 2.24) is 10.6 Å². The molecular formula is C16H17ClN2O3. The first-order valence-electron chi connectivity index (χ1n) is 6.98. The molecule has 5 nitrogen and oxygen atoms in total. The Morgan fingerprint density at radius 2 is 1.91 bits per heavy atom. The summed E-state index contributed by atoms with van der Waals surface area (Å²) in [4.78, 5) is 23.3. The van der Waals surface area contributed by atoms with Gasteiger partial charge in [-0.25, -0.2) is 0 Å². The van der Waals surface area contributed by atoms with Gasteiger partial charge in [0.2, 0.25) is 5.91 Å². The van der Waals surface area contributed by atoms with Gasteiger partial charge in [-0.15, -0.1) is 0 Å². The lowest BCUT2D eigenvalue weighted by Gasteiger charge is -2.06. The van der Waals surface area contributed by atoms with Gasteiger partial charge in [-0.1, -0.05) is 23.7 Å². The van der Waals surface area contributed by atoms with E-state index in [0.717, 1.165) is 5.56 Å². The van der Waals surface area contributed by atoms with Crippen LogP contribution in [0, 0.1) is 0 Å². The van der Waals surface area contributed by atoms with Crippen LogP contribution in [0.5, 0.6) is 0 Å². The summed E-state index contributed by atoms with van der Waals surface area (Å²) in [6, 6.07) is 10.7. The number of furan rings is 1. The van der Waals surface area contributed by atoms with Gasteiger partial charge >= 0.3 is 0 Å². The summed E-state index contributed by atoms with van der Waals surface area (Å²) in [6.07, 6.45) is 2.45. The first kappa shape index (κ1) is 16.1. The predicted molar refractivity (Wildman–Crippen MR) is 83.8 cm³/mol. The molecule has 2 aromatic rings. The zero-order chi connectivity index (χ0) is 15.8. The van der Waals surface area contributed by atoms with E-state index in [1.165, 1.54) is 6.26 Å². The molecule has 0 fully saturated rings. The summed E-state index contributed by atoms with van der Waals surface area (Å²) in [6.45, 7) is 0.725. The predicted octanol–water partition coefficient (Wildman–Crippen LogP) is 2.41. The summed E-state index contributed by atoms with van der Waals surface area (Å²) >= 11 is 5.89. The molecule has 0 radical (unpaired) electrons. The number of hydrogen-bond donors (Lipinski definition) is 2. The van der Waals surface area contributed by atoms with Gasteiger partial charge in [0.15, 0.2) is 5.76 Å².